The smallest absolute Gasteiger partial charge is 0.211 e. The maximum absolute atomic E-state index is 6.76. The molecule has 2 aromatic carbocycles. The van der Waals surface area contributed by atoms with Crippen molar-refractivity contribution in [3.63, 3.8) is 0 Å². The lowest BCUT2D eigenvalue weighted by Crippen LogP contribution is -2.49. The molecule has 0 saturated heterocycles. The Kier molecular flexibility index (Phi) is 5.11. The molecule has 0 spiro atoms. The molecule has 1 aromatic heterocycles. The van der Waals surface area contributed by atoms with Crippen molar-refractivity contribution >= 4 is 22.4 Å². The van der Waals surface area contributed by atoms with Crippen LogP contribution in [0.2, 0.25) is 0 Å². The molecule has 190 valence electrons. The number of hydrogen-bond acceptors (Lipinski definition) is 4. The molecule has 0 atom stereocenters. The Morgan fingerprint density at radius 1 is 0.892 bits per heavy atom. The molecule has 0 radical (unpaired) electrons. The third kappa shape index (κ3) is 3.43. The third-order valence-electron chi connectivity index (χ3n) is 8.24. The van der Waals surface area contributed by atoms with Crippen molar-refractivity contribution in [1.29, 1.82) is 0 Å². The Balaban J connectivity index is 1.71. The summed E-state index contributed by atoms with van der Waals surface area (Å²) in [6.07, 6.45) is 7.98. The molecule has 0 amide bonds. The maximum atomic E-state index is 6.76. The Morgan fingerprint density at radius 2 is 1.65 bits per heavy atom. The number of benzene rings is 2. The molecule has 5 nitrogen and oxygen atoms in total. The van der Waals surface area contributed by atoms with Crippen molar-refractivity contribution in [3.05, 3.63) is 82.0 Å². The van der Waals surface area contributed by atoms with Crippen molar-refractivity contribution in [2.24, 2.45) is 0 Å². The fraction of sp³-hybridized carbons (Fsp3) is 0.375. The van der Waals surface area contributed by atoms with Gasteiger partial charge in [-0.15, -0.1) is 0 Å². The Labute approximate surface area is 219 Å². The van der Waals surface area contributed by atoms with E-state index in [1.807, 2.05) is 0 Å². The number of nitrogens with zero attached hydrogens (tertiary/aromatic N) is 3. The highest BCUT2D eigenvalue weighted by Crippen LogP contribution is 2.46. The number of anilines is 1. The van der Waals surface area contributed by atoms with E-state index in [4.69, 9.17) is 9.15 Å². The second-order valence-corrected chi connectivity index (χ2v) is 11.5. The first-order chi connectivity index (χ1) is 17.6. The van der Waals surface area contributed by atoms with Crippen molar-refractivity contribution in [2.45, 2.75) is 66.5 Å². The minimum Gasteiger partial charge on any atom is -0.456 e. The zero-order valence-corrected chi connectivity index (χ0v) is 23.2. The molecule has 0 aliphatic carbocycles. The fourth-order valence-corrected chi connectivity index (χ4v) is 6.80. The molecule has 3 aliphatic rings. The monoisotopic (exact) mass is 494 g/mol. The fourth-order valence-electron chi connectivity index (χ4n) is 6.80. The lowest BCUT2D eigenvalue weighted by atomic mass is 9.85. The van der Waals surface area contributed by atoms with Gasteiger partial charge < -0.3 is 14.1 Å². The van der Waals surface area contributed by atoms with Crippen LogP contribution >= 0.6 is 0 Å². The number of oxazole rings is 1. The number of rotatable bonds is 3. The van der Waals surface area contributed by atoms with Crippen LogP contribution in [0.3, 0.4) is 0 Å². The number of likely N-dealkylation sites (N-methyl/N-ethyl adjacent to an activating group) is 2. The van der Waals surface area contributed by atoms with Gasteiger partial charge in [0.1, 0.15) is 30.0 Å². The zero-order chi connectivity index (χ0) is 26.3. The average molecular weight is 495 g/mol. The SMILES string of the molecule is CCN1c2cc3c(cc2C(C)=CC1(C)C)C(c1cocn1)=c1cc2c(cc1O3)=[N+](CC)C(C)(C)C=C2C. The van der Waals surface area contributed by atoms with Crippen LogP contribution in [0.15, 0.2) is 53.5 Å². The molecule has 3 aliphatic heterocycles. The molecular weight excluding hydrogens is 458 g/mol. The van der Waals surface area contributed by atoms with Gasteiger partial charge >= 0.3 is 0 Å². The number of aromatic nitrogens is 1. The van der Waals surface area contributed by atoms with E-state index in [0.717, 1.165) is 46.6 Å². The molecule has 37 heavy (non-hydrogen) atoms. The van der Waals surface area contributed by atoms with Gasteiger partial charge in [-0.25, -0.2) is 9.56 Å². The number of hydrogen-bond donors (Lipinski definition) is 0. The molecule has 0 fully saturated rings. The average Bonchev–Trinajstić information content (AvgIpc) is 3.35. The molecule has 0 N–H and O–H groups in total. The standard InChI is InChI=1S/C32H36N3O2/c1-9-34-26-13-28-23(11-21(26)19(3)15-31(34,5)6)30(25-17-36-18-33-25)24-12-22-20(4)16-32(7,8)35(10-2)27(22)14-29(24)37-28/h11-18H,9-10H2,1-8H3/q+1. The maximum Gasteiger partial charge on any atom is 0.211 e. The second kappa shape index (κ2) is 7.95. The van der Waals surface area contributed by atoms with Gasteiger partial charge in [0.2, 0.25) is 5.36 Å². The van der Waals surface area contributed by atoms with Gasteiger partial charge in [-0.3, -0.25) is 0 Å². The summed E-state index contributed by atoms with van der Waals surface area (Å²) >= 11 is 0. The van der Waals surface area contributed by atoms with Crippen molar-refractivity contribution in [2.75, 3.05) is 18.0 Å². The van der Waals surface area contributed by atoms with Gasteiger partial charge in [0.05, 0.1) is 11.6 Å². The highest BCUT2D eigenvalue weighted by molar-refractivity contribution is 5.91. The van der Waals surface area contributed by atoms with E-state index in [1.54, 1.807) is 6.26 Å². The van der Waals surface area contributed by atoms with Crippen LogP contribution in [-0.4, -0.2) is 29.2 Å². The summed E-state index contributed by atoms with van der Waals surface area (Å²) in [4.78, 5) is 7.05. The summed E-state index contributed by atoms with van der Waals surface area (Å²) < 4.78 is 14.7. The van der Waals surface area contributed by atoms with Crippen LogP contribution in [-0.2, 0) is 0 Å². The highest BCUT2D eigenvalue weighted by atomic mass is 16.5. The molecule has 6 rings (SSSR count). The first-order valence-electron chi connectivity index (χ1n) is 13.3. The summed E-state index contributed by atoms with van der Waals surface area (Å²) in [6, 6.07) is 9.01. The second-order valence-electron chi connectivity index (χ2n) is 11.5. The molecule has 3 aromatic rings. The Bertz CT molecular complexity index is 1640. The largest absolute Gasteiger partial charge is 0.456 e. The quantitative estimate of drug-likeness (QED) is 0.340. The summed E-state index contributed by atoms with van der Waals surface area (Å²) in [7, 11) is 0. The van der Waals surface area contributed by atoms with E-state index < -0.39 is 0 Å². The highest BCUT2D eigenvalue weighted by Gasteiger charge is 2.36. The normalized spacial score (nSPS) is 18.8. The molecule has 0 bridgehead atoms. The van der Waals surface area contributed by atoms with E-state index in [0.29, 0.717) is 0 Å². The van der Waals surface area contributed by atoms with Gasteiger partial charge in [0, 0.05) is 59.6 Å². The Morgan fingerprint density at radius 3 is 2.32 bits per heavy atom. The minimum atomic E-state index is -0.0680. The van der Waals surface area contributed by atoms with Crippen LogP contribution in [0, 0.1) is 0 Å². The van der Waals surface area contributed by atoms with Crippen molar-refractivity contribution in [1.82, 2.24) is 9.56 Å². The predicted octanol–water partition coefficient (Wildman–Crippen LogP) is 5.76. The summed E-state index contributed by atoms with van der Waals surface area (Å²) in [5.74, 6) is 1.72. The molecule has 0 saturated carbocycles. The van der Waals surface area contributed by atoms with E-state index >= 15 is 0 Å². The van der Waals surface area contributed by atoms with Crippen LogP contribution in [0.25, 0.3) is 16.7 Å². The van der Waals surface area contributed by atoms with Crippen molar-refractivity contribution < 1.29 is 9.15 Å². The van der Waals surface area contributed by atoms with Crippen LogP contribution in [0.1, 0.15) is 77.8 Å². The minimum absolute atomic E-state index is 0.0680. The molecule has 4 heterocycles. The molecule has 0 unspecified atom stereocenters. The summed E-state index contributed by atoms with van der Waals surface area (Å²) in [5, 5.41) is 2.26. The third-order valence-corrected chi connectivity index (χ3v) is 8.24. The van der Waals surface area contributed by atoms with E-state index in [2.05, 4.69) is 106 Å². The summed E-state index contributed by atoms with van der Waals surface area (Å²) in [6.45, 7) is 19.8. The lowest BCUT2D eigenvalue weighted by Gasteiger charge is -2.43. The number of fused-ring (bicyclic) bond motifs is 4. The van der Waals surface area contributed by atoms with Gasteiger partial charge in [-0.05, 0) is 70.9 Å². The molecule has 5 heteroatoms. The first-order valence-corrected chi connectivity index (χ1v) is 13.3. The van der Waals surface area contributed by atoms with Gasteiger partial charge in [0.25, 0.3) is 0 Å². The lowest BCUT2D eigenvalue weighted by molar-refractivity contribution is 0.399. The number of allylic oxidation sites excluding steroid dienone is 2. The van der Waals surface area contributed by atoms with E-state index in [9.17, 15) is 0 Å². The topological polar surface area (TPSA) is 41.5 Å². The van der Waals surface area contributed by atoms with Crippen LogP contribution in [0.4, 0.5) is 5.69 Å². The van der Waals surface area contributed by atoms with Gasteiger partial charge in [-0.1, -0.05) is 6.08 Å². The van der Waals surface area contributed by atoms with Crippen LogP contribution in [0.5, 0.6) is 11.5 Å². The summed E-state index contributed by atoms with van der Waals surface area (Å²) in [5.41, 5.74) is 9.03. The predicted molar refractivity (Wildman–Crippen MR) is 151 cm³/mol. The Hall–Kier alpha value is -3.60. The van der Waals surface area contributed by atoms with Gasteiger partial charge in [0.15, 0.2) is 11.9 Å². The first kappa shape index (κ1) is 23.8. The zero-order valence-electron chi connectivity index (χ0n) is 23.2. The van der Waals surface area contributed by atoms with E-state index in [1.165, 1.54) is 39.7 Å². The van der Waals surface area contributed by atoms with Crippen LogP contribution < -0.4 is 24.8 Å². The molecular formula is C32H36N3O2+. The van der Waals surface area contributed by atoms with E-state index in [-0.39, 0.29) is 11.1 Å². The number of ether oxygens (including phenoxy) is 1. The van der Waals surface area contributed by atoms with Crippen molar-refractivity contribution in [3.8, 4) is 11.5 Å². The van der Waals surface area contributed by atoms with Gasteiger partial charge in [-0.2, -0.15) is 0 Å².